The lowest BCUT2D eigenvalue weighted by Gasteiger charge is -2.31. The molecule has 0 bridgehead atoms. The summed E-state index contributed by atoms with van der Waals surface area (Å²) in [5.74, 6) is 0. The van der Waals surface area contributed by atoms with Gasteiger partial charge in [0, 0.05) is 20.2 Å². The van der Waals surface area contributed by atoms with E-state index in [9.17, 15) is 4.79 Å². The monoisotopic (exact) mass is 272 g/mol. The smallest absolute Gasteiger partial charge is 0.410 e. The molecule has 1 rings (SSSR count). The molecule has 1 unspecified atom stereocenters. The Morgan fingerprint density at radius 2 is 2.00 bits per heavy atom. The maximum atomic E-state index is 12.1. The molecular weight excluding hydrogens is 244 g/mol. The van der Waals surface area contributed by atoms with Crippen LogP contribution in [0.1, 0.15) is 46.5 Å². The van der Waals surface area contributed by atoms with Crippen LogP contribution in [0.5, 0.6) is 0 Å². The molecule has 5 heteroatoms. The van der Waals surface area contributed by atoms with E-state index in [-0.39, 0.29) is 11.7 Å². The van der Waals surface area contributed by atoms with E-state index < -0.39 is 5.60 Å². The van der Waals surface area contributed by atoms with E-state index in [1.165, 1.54) is 0 Å². The molecule has 1 heterocycles. The number of carbonyl (C=O) groups excluding carboxylic acids is 1. The van der Waals surface area contributed by atoms with Crippen LogP contribution in [-0.4, -0.2) is 48.9 Å². The fourth-order valence-corrected chi connectivity index (χ4v) is 2.50. The number of nitrogens with two attached hydrogens (primary N) is 1. The summed E-state index contributed by atoms with van der Waals surface area (Å²) in [4.78, 5) is 13.8. The fourth-order valence-electron chi connectivity index (χ4n) is 2.50. The highest BCUT2D eigenvalue weighted by Gasteiger charge is 2.34. The molecule has 0 radical (unpaired) electrons. The molecule has 1 atom stereocenters. The quantitative estimate of drug-likeness (QED) is 0.855. The first-order valence-electron chi connectivity index (χ1n) is 7.05. The van der Waals surface area contributed by atoms with Gasteiger partial charge in [-0.3, -0.25) is 0 Å². The number of likely N-dealkylation sites (tertiary alicyclic amines) is 1. The highest BCUT2D eigenvalue weighted by molar-refractivity contribution is 5.68. The van der Waals surface area contributed by atoms with Crippen molar-refractivity contribution < 1.29 is 14.3 Å². The molecule has 0 aromatic carbocycles. The second kappa shape index (κ2) is 6.57. The number of ether oxygens (including phenoxy) is 2. The summed E-state index contributed by atoms with van der Waals surface area (Å²) in [6, 6.07) is 0. The number of amides is 1. The van der Waals surface area contributed by atoms with E-state index in [0.29, 0.717) is 13.1 Å². The molecule has 5 nitrogen and oxygen atoms in total. The Hall–Kier alpha value is -0.810. The van der Waals surface area contributed by atoms with Crippen LogP contribution in [-0.2, 0) is 9.47 Å². The Labute approximate surface area is 116 Å². The standard InChI is InChI=1S/C14H28N2O3/c1-13(2,3)19-12(17)16-10-5-6-14(18-4,7-9-15)8-11-16/h5-11,15H2,1-4H3. The summed E-state index contributed by atoms with van der Waals surface area (Å²) in [5.41, 5.74) is 5.04. The average Bonchev–Trinajstić information content (AvgIpc) is 2.51. The number of hydrogen-bond acceptors (Lipinski definition) is 4. The van der Waals surface area contributed by atoms with Gasteiger partial charge in [0.15, 0.2) is 0 Å². The van der Waals surface area contributed by atoms with Gasteiger partial charge in [-0.05, 0) is 53.0 Å². The molecule has 112 valence electrons. The molecular formula is C14H28N2O3. The van der Waals surface area contributed by atoms with Gasteiger partial charge in [-0.2, -0.15) is 0 Å². The number of nitrogens with zero attached hydrogens (tertiary/aromatic N) is 1. The van der Waals surface area contributed by atoms with E-state index in [1.807, 2.05) is 20.8 Å². The zero-order valence-corrected chi connectivity index (χ0v) is 12.7. The van der Waals surface area contributed by atoms with E-state index in [0.717, 1.165) is 32.2 Å². The highest BCUT2D eigenvalue weighted by Crippen LogP contribution is 2.29. The molecule has 1 fully saturated rings. The molecule has 1 aliphatic rings. The summed E-state index contributed by atoms with van der Waals surface area (Å²) >= 11 is 0. The number of hydrogen-bond donors (Lipinski definition) is 1. The molecule has 0 saturated carbocycles. The van der Waals surface area contributed by atoms with Crippen LogP contribution >= 0.6 is 0 Å². The number of methoxy groups -OCH3 is 1. The van der Waals surface area contributed by atoms with Crippen LogP contribution < -0.4 is 5.73 Å². The molecule has 0 spiro atoms. The van der Waals surface area contributed by atoms with E-state index >= 15 is 0 Å². The van der Waals surface area contributed by atoms with Gasteiger partial charge in [0.2, 0.25) is 0 Å². The van der Waals surface area contributed by atoms with Crippen LogP contribution in [0.3, 0.4) is 0 Å². The molecule has 0 aromatic rings. The minimum atomic E-state index is -0.445. The first kappa shape index (κ1) is 16.2. The molecule has 2 N–H and O–H groups in total. The third-order valence-corrected chi connectivity index (χ3v) is 3.58. The van der Waals surface area contributed by atoms with Gasteiger partial charge in [0.05, 0.1) is 5.60 Å². The average molecular weight is 272 g/mol. The number of rotatable bonds is 3. The normalized spacial score (nSPS) is 25.0. The van der Waals surface area contributed by atoms with Gasteiger partial charge < -0.3 is 20.1 Å². The van der Waals surface area contributed by atoms with Crippen LogP contribution in [0.25, 0.3) is 0 Å². The second-order valence-electron chi connectivity index (χ2n) is 6.25. The van der Waals surface area contributed by atoms with Crippen LogP contribution in [0.15, 0.2) is 0 Å². The lowest BCUT2D eigenvalue weighted by atomic mass is 9.91. The van der Waals surface area contributed by atoms with Crippen LogP contribution in [0, 0.1) is 0 Å². The molecule has 0 aromatic heterocycles. The van der Waals surface area contributed by atoms with Crippen molar-refractivity contribution in [1.82, 2.24) is 4.90 Å². The largest absolute Gasteiger partial charge is 0.444 e. The maximum Gasteiger partial charge on any atom is 0.410 e. The van der Waals surface area contributed by atoms with Gasteiger partial charge in [0.1, 0.15) is 5.60 Å². The Bertz CT molecular complexity index is 302. The van der Waals surface area contributed by atoms with Crippen molar-refractivity contribution in [1.29, 1.82) is 0 Å². The highest BCUT2D eigenvalue weighted by atomic mass is 16.6. The summed E-state index contributed by atoms with van der Waals surface area (Å²) < 4.78 is 11.1. The van der Waals surface area contributed by atoms with E-state index in [4.69, 9.17) is 15.2 Å². The summed E-state index contributed by atoms with van der Waals surface area (Å²) in [5, 5.41) is 0. The molecule has 19 heavy (non-hydrogen) atoms. The van der Waals surface area contributed by atoms with Crippen molar-refractivity contribution in [3.63, 3.8) is 0 Å². The molecule has 1 amide bonds. The molecule has 1 aliphatic heterocycles. The minimum Gasteiger partial charge on any atom is -0.444 e. The van der Waals surface area contributed by atoms with Crippen molar-refractivity contribution in [2.24, 2.45) is 5.73 Å². The zero-order chi connectivity index (χ0) is 14.5. The maximum absolute atomic E-state index is 12.1. The predicted molar refractivity (Wildman–Crippen MR) is 75.1 cm³/mol. The van der Waals surface area contributed by atoms with Gasteiger partial charge in [-0.25, -0.2) is 4.79 Å². The van der Waals surface area contributed by atoms with Crippen molar-refractivity contribution in [3.8, 4) is 0 Å². The first-order chi connectivity index (χ1) is 8.82. The summed E-state index contributed by atoms with van der Waals surface area (Å²) in [6.07, 6.45) is 3.30. The number of carbonyl (C=O) groups is 1. The zero-order valence-electron chi connectivity index (χ0n) is 12.7. The third kappa shape index (κ3) is 4.99. The van der Waals surface area contributed by atoms with Crippen molar-refractivity contribution in [3.05, 3.63) is 0 Å². The van der Waals surface area contributed by atoms with E-state index in [1.54, 1.807) is 12.0 Å². The van der Waals surface area contributed by atoms with Gasteiger partial charge in [-0.15, -0.1) is 0 Å². The SMILES string of the molecule is COC1(CCN)CCCN(C(=O)OC(C)(C)C)CC1. The van der Waals surface area contributed by atoms with Gasteiger partial charge in [-0.1, -0.05) is 0 Å². The minimum absolute atomic E-state index is 0.175. The second-order valence-corrected chi connectivity index (χ2v) is 6.25. The predicted octanol–water partition coefficient (Wildman–Crippen LogP) is 2.14. The van der Waals surface area contributed by atoms with Gasteiger partial charge in [0.25, 0.3) is 0 Å². The fraction of sp³-hybridized carbons (Fsp3) is 0.929. The Morgan fingerprint density at radius 3 is 2.53 bits per heavy atom. The lowest BCUT2D eigenvalue weighted by molar-refractivity contribution is -0.0276. The van der Waals surface area contributed by atoms with E-state index in [2.05, 4.69) is 0 Å². The summed E-state index contributed by atoms with van der Waals surface area (Å²) in [7, 11) is 1.73. The lowest BCUT2D eigenvalue weighted by Crippen LogP contribution is -2.39. The summed E-state index contributed by atoms with van der Waals surface area (Å²) in [6.45, 7) is 7.66. The van der Waals surface area contributed by atoms with Crippen LogP contribution in [0.4, 0.5) is 4.79 Å². The Kier molecular flexibility index (Phi) is 5.62. The Balaban J connectivity index is 2.60. The Morgan fingerprint density at radius 1 is 1.32 bits per heavy atom. The van der Waals surface area contributed by atoms with Crippen molar-refractivity contribution >= 4 is 6.09 Å². The van der Waals surface area contributed by atoms with Gasteiger partial charge >= 0.3 is 6.09 Å². The third-order valence-electron chi connectivity index (χ3n) is 3.58. The van der Waals surface area contributed by atoms with Crippen molar-refractivity contribution in [2.45, 2.75) is 57.7 Å². The van der Waals surface area contributed by atoms with Crippen molar-refractivity contribution in [2.75, 3.05) is 26.7 Å². The topological polar surface area (TPSA) is 64.8 Å². The molecule has 1 saturated heterocycles. The molecule has 0 aliphatic carbocycles. The van der Waals surface area contributed by atoms with Crippen LogP contribution in [0.2, 0.25) is 0 Å². The first-order valence-corrected chi connectivity index (χ1v) is 7.05.